The maximum absolute atomic E-state index is 3.62. The van der Waals surface area contributed by atoms with Crippen LogP contribution in [0.4, 0.5) is 0 Å². The molecular formula is C9H19N. The molecule has 0 amide bonds. The van der Waals surface area contributed by atoms with Crippen LogP contribution >= 0.6 is 0 Å². The van der Waals surface area contributed by atoms with Crippen LogP contribution in [0.1, 0.15) is 40.0 Å². The molecule has 1 heterocycles. The second kappa shape index (κ2) is 3.38. The van der Waals surface area contributed by atoms with Crippen LogP contribution in [0.5, 0.6) is 0 Å². The van der Waals surface area contributed by atoms with E-state index in [0.29, 0.717) is 0 Å². The minimum Gasteiger partial charge on any atom is -0.311 e. The zero-order valence-corrected chi connectivity index (χ0v) is 7.35. The van der Waals surface area contributed by atoms with E-state index in [2.05, 4.69) is 26.1 Å². The summed E-state index contributed by atoms with van der Waals surface area (Å²) in [6.07, 6.45) is 4.05. The summed E-state index contributed by atoms with van der Waals surface area (Å²) in [5.41, 5.74) is 0. The van der Waals surface area contributed by atoms with E-state index >= 15 is 0 Å². The van der Waals surface area contributed by atoms with Crippen molar-refractivity contribution in [1.29, 1.82) is 0 Å². The summed E-state index contributed by atoms with van der Waals surface area (Å²) in [5.74, 6) is 0.890. The van der Waals surface area contributed by atoms with Crippen molar-refractivity contribution >= 4 is 0 Å². The fourth-order valence-electron chi connectivity index (χ4n) is 1.85. The Labute approximate surface area is 64.2 Å². The van der Waals surface area contributed by atoms with E-state index in [-0.39, 0.29) is 0 Å². The molecule has 1 unspecified atom stereocenters. The first-order valence-corrected chi connectivity index (χ1v) is 4.50. The van der Waals surface area contributed by atoms with Crippen molar-refractivity contribution in [1.82, 2.24) is 5.32 Å². The fourth-order valence-corrected chi connectivity index (χ4v) is 1.85. The summed E-state index contributed by atoms with van der Waals surface area (Å²) in [5, 5.41) is 3.62. The summed E-state index contributed by atoms with van der Waals surface area (Å²) in [6, 6.07) is 1.53. The van der Waals surface area contributed by atoms with Gasteiger partial charge < -0.3 is 5.32 Å². The molecule has 1 saturated heterocycles. The third-order valence-corrected chi connectivity index (χ3v) is 2.68. The van der Waals surface area contributed by atoms with Crippen LogP contribution in [-0.2, 0) is 0 Å². The van der Waals surface area contributed by atoms with Gasteiger partial charge in [-0.3, -0.25) is 0 Å². The molecule has 1 N–H and O–H groups in total. The van der Waals surface area contributed by atoms with E-state index in [0.717, 1.165) is 18.0 Å². The summed E-state index contributed by atoms with van der Waals surface area (Å²) < 4.78 is 0. The lowest BCUT2D eigenvalue weighted by molar-refractivity contribution is 0.249. The first-order valence-electron chi connectivity index (χ1n) is 4.50. The van der Waals surface area contributed by atoms with E-state index in [9.17, 15) is 0 Å². The molecule has 10 heavy (non-hydrogen) atoms. The lowest BCUT2D eigenvalue weighted by Crippen LogP contribution is -2.44. The molecule has 1 heteroatoms. The first kappa shape index (κ1) is 8.06. The molecule has 1 rings (SSSR count). The van der Waals surface area contributed by atoms with Gasteiger partial charge in [-0.05, 0) is 32.1 Å². The van der Waals surface area contributed by atoms with Gasteiger partial charge in [-0.2, -0.15) is 0 Å². The van der Waals surface area contributed by atoms with Crippen molar-refractivity contribution in [3.63, 3.8) is 0 Å². The molecule has 1 aliphatic heterocycles. The van der Waals surface area contributed by atoms with Crippen molar-refractivity contribution in [2.24, 2.45) is 5.92 Å². The first-order chi connectivity index (χ1) is 4.74. The van der Waals surface area contributed by atoms with Crippen molar-refractivity contribution < 1.29 is 0 Å². The molecule has 3 atom stereocenters. The standard InChI is InChI=1S/C9H19N/c1-4-9-7(2)5-6-8(3)10-9/h7-10H,4-6H2,1-3H3/t7-,8?,9-/m1/s1. The molecule has 1 nitrogen and oxygen atoms in total. The SMILES string of the molecule is CC[C@H]1NC(C)CC[C@H]1C. The van der Waals surface area contributed by atoms with E-state index in [1.165, 1.54) is 19.3 Å². The lowest BCUT2D eigenvalue weighted by atomic mass is 9.88. The average Bonchev–Trinajstić information content (AvgIpc) is 1.94. The van der Waals surface area contributed by atoms with Gasteiger partial charge in [-0.1, -0.05) is 13.8 Å². The largest absolute Gasteiger partial charge is 0.311 e. The number of piperidine rings is 1. The summed E-state index contributed by atoms with van der Waals surface area (Å²) in [4.78, 5) is 0. The Morgan fingerprint density at radius 2 is 2.00 bits per heavy atom. The highest BCUT2D eigenvalue weighted by molar-refractivity contribution is 4.81. The topological polar surface area (TPSA) is 12.0 Å². The smallest absolute Gasteiger partial charge is 0.00925 e. The van der Waals surface area contributed by atoms with Crippen molar-refractivity contribution in [2.75, 3.05) is 0 Å². The molecule has 0 radical (unpaired) electrons. The van der Waals surface area contributed by atoms with Crippen molar-refractivity contribution in [3.05, 3.63) is 0 Å². The van der Waals surface area contributed by atoms with E-state index < -0.39 is 0 Å². The van der Waals surface area contributed by atoms with Gasteiger partial charge >= 0.3 is 0 Å². The number of hydrogen-bond acceptors (Lipinski definition) is 1. The van der Waals surface area contributed by atoms with Crippen molar-refractivity contribution in [2.45, 2.75) is 52.1 Å². The second-order valence-corrected chi connectivity index (χ2v) is 3.64. The monoisotopic (exact) mass is 141 g/mol. The predicted octanol–water partition coefficient (Wildman–Crippen LogP) is 2.17. The Morgan fingerprint density at radius 3 is 2.50 bits per heavy atom. The zero-order valence-electron chi connectivity index (χ0n) is 7.35. The van der Waals surface area contributed by atoms with Crippen LogP contribution in [0.15, 0.2) is 0 Å². The van der Waals surface area contributed by atoms with Gasteiger partial charge in [-0.25, -0.2) is 0 Å². The summed E-state index contributed by atoms with van der Waals surface area (Å²) in [7, 11) is 0. The van der Waals surface area contributed by atoms with Crippen molar-refractivity contribution in [3.8, 4) is 0 Å². The molecule has 0 aromatic carbocycles. The summed E-state index contributed by atoms with van der Waals surface area (Å²) in [6.45, 7) is 6.91. The highest BCUT2D eigenvalue weighted by Crippen LogP contribution is 2.20. The number of nitrogens with one attached hydrogen (secondary N) is 1. The lowest BCUT2D eigenvalue weighted by Gasteiger charge is -2.33. The number of rotatable bonds is 1. The second-order valence-electron chi connectivity index (χ2n) is 3.64. The fraction of sp³-hybridized carbons (Fsp3) is 1.00. The van der Waals surface area contributed by atoms with Gasteiger partial charge in [0.2, 0.25) is 0 Å². The van der Waals surface area contributed by atoms with Gasteiger partial charge in [0.05, 0.1) is 0 Å². The maximum Gasteiger partial charge on any atom is 0.00925 e. The summed E-state index contributed by atoms with van der Waals surface area (Å²) >= 11 is 0. The molecule has 0 saturated carbocycles. The van der Waals surface area contributed by atoms with E-state index in [4.69, 9.17) is 0 Å². The molecule has 0 spiro atoms. The zero-order chi connectivity index (χ0) is 7.56. The van der Waals surface area contributed by atoms with E-state index in [1.54, 1.807) is 0 Å². The molecule has 0 bridgehead atoms. The van der Waals surface area contributed by atoms with Crippen LogP contribution < -0.4 is 5.32 Å². The molecule has 1 aliphatic rings. The van der Waals surface area contributed by atoms with Gasteiger partial charge in [0.25, 0.3) is 0 Å². The average molecular weight is 141 g/mol. The molecule has 0 aromatic rings. The Hall–Kier alpha value is -0.0400. The maximum atomic E-state index is 3.62. The highest BCUT2D eigenvalue weighted by atomic mass is 15.0. The van der Waals surface area contributed by atoms with Crippen LogP contribution in [-0.4, -0.2) is 12.1 Å². The quantitative estimate of drug-likeness (QED) is 0.590. The minimum absolute atomic E-state index is 0.751. The Kier molecular flexibility index (Phi) is 2.72. The van der Waals surface area contributed by atoms with Gasteiger partial charge in [0, 0.05) is 12.1 Å². The third-order valence-electron chi connectivity index (χ3n) is 2.68. The highest BCUT2D eigenvalue weighted by Gasteiger charge is 2.22. The van der Waals surface area contributed by atoms with Crippen LogP contribution in [0.3, 0.4) is 0 Å². The molecule has 0 aliphatic carbocycles. The van der Waals surface area contributed by atoms with Gasteiger partial charge in [-0.15, -0.1) is 0 Å². The normalized spacial score (nSPS) is 41.7. The van der Waals surface area contributed by atoms with Gasteiger partial charge in [0.15, 0.2) is 0 Å². The number of hydrogen-bond donors (Lipinski definition) is 1. The molecular weight excluding hydrogens is 122 g/mol. The predicted molar refractivity (Wildman–Crippen MR) is 45.1 cm³/mol. The molecule has 0 aromatic heterocycles. The van der Waals surface area contributed by atoms with Gasteiger partial charge in [0.1, 0.15) is 0 Å². The molecule has 1 fully saturated rings. The molecule has 60 valence electrons. The van der Waals surface area contributed by atoms with E-state index in [1.807, 2.05) is 0 Å². The third kappa shape index (κ3) is 1.72. The van der Waals surface area contributed by atoms with Crippen LogP contribution in [0.25, 0.3) is 0 Å². The van der Waals surface area contributed by atoms with Crippen LogP contribution in [0.2, 0.25) is 0 Å². The Bertz CT molecular complexity index is 101. The Balaban J connectivity index is 2.38. The Morgan fingerprint density at radius 1 is 1.30 bits per heavy atom. The minimum atomic E-state index is 0.751. The van der Waals surface area contributed by atoms with Crippen LogP contribution in [0, 0.1) is 5.92 Å².